The second-order valence-corrected chi connectivity index (χ2v) is 32.7. The molecule has 4 aromatic heterocycles. The van der Waals surface area contributed by atoms with E-state index in [0.717, 1.165) is 78.6 Å². The standard InChI is InChI=1S/C27H35FN.C25H30N.2C24H28N/c1-16(2)11-21-15-26-22(24(27(21)28)12-17(3)4)9-10-25(29(26)8)23-14-18(5)13-19(6)20(23)7;1-17-15-18(2)19(3)23(16-17)25-14-13-22-21(20-9-6-5-7-10-20)11-8-12-24(22)26(25)4;1-16-14-17(2)18(3)22(15-16)24-13-12-21-20(19-8-5-6-9-19)10-7-11-23(21)25(24)4;1-16-13-17(2)18(3)22(14-16)23-12-11-20-9-10-21(15-24(20)25(23)4)19-7-5-6-8-19/h9-10,13-17H,11-12H2,1-8H3;8,11-16,20H,5-7,9-10H2,1-4H3;7,10-15,19H,5-6,8-9H2,1-4H3;9-15,19H,5-8H2,1-4H3/q4*+1/i6D3;;;2D3. The largest absolute Gasteiger partial charge is 0.213 e. The number of hydrogen-bond donors (Lipinski definition) is 0. The van der Waals surface area contributed by atoms with Crippen molar-refractivity contribution in [3.8, 4) is 45.0 Å². The molecule has 0 spiro atoms. The number of nitrogens with zero attached hydrogens (tertiary/aromatic N) is 4. The van der Waals surface area contributed by atoms with Crippen LogP contribution in [0, 0.1) is 101 Å². The zero-order chi connectivity index (χ0) is 79.8. The van der Waals surface area contributed by atoms with E-state index in [-0.39, 0.29) is 5.82 Å². The summed E-state index contributed by atoms with van der Waals surface area (Å²) in [5, 5.41) is 5.01. The fraction of sp³-hybridized carbons (Fsp3) is 0.400. The van der Waals surface area contributed by atoms with Crippen LogP contribution in [0.5, 0.6) is 0 Å². The number of fused-ring (bicyclic) bond motifs is 4. The van der Waals surface area contributed by atoms with E-state index in [1.165, 1.54) is 178 Å². The SMILES string of the molecule is Cc1cc(C)c(C)c(-c2ccc3c(C4CCCC4)cccc3[n+]2C)c1.Cc1cc(C)c(C)c(-c2ccc3c(C4CCCCC4)cccc3[n+]2C)c1.[2H]C([2H])([2H])c1cc(C)cc(-c2ccc3c(CC(C)C)c(F)c(CC(C)C)cc3[n+]2C)c1C.[2H]C([2H])([2H])c1cc(C)cc(-c2ccc3ccc(C4CCCC4)cc3[n+]2C)c1C. The molecule has 3 fully saturated rings. The fourth-order valence-electron chi connectivity index (χ4n) is 18.0. The van der Waals surface area contributed by atoms with Gasteiger partial charge in [0.05, 0.1) is 5.39 Å². The van der Waals surface area contributed by atoms with Crippen LogP contribution >= 0.6 is 0 Å². The number of rotatable bonds is 11. The van der Waals surface area contributed by atoms with Gasteiger partial charge >= 0.3 is 0 Å². The predicted octanol–water partition coefficient (Wildman–Crippen LogP) is 24.9. The van der Waals surface area contributed by atoms with Crippen molar-refractivity contribution in [1.82, 2.24) is 0 Å². The molecule has 8 aromatic carbocycles. The van der Waals surface area contributed by atoms with E-state index in [0.29, 0.717) is 41.7 Å². The summed E-state index contributed by atoms with van der Waals surface area (Å²) in [5.41, 5.74) is 32.7. The molecule has 5 heteroatoms. The van der Waals surface area contributed by atoms with Crippen LogP contribution in [0.4, 0.5) is 4.39 Å². The van der Waals surface area contributed by atoms with Crippen molar-refractivity contribution in [3.63, 3.8) is 0 Å². The molecule has 105 heavy (non-hydrogen) atoms. The molecule has 0 N–H and O–H groups in total. The predicted molar refractivity (Wildman–Crippen MR) is 444 cm³/mol. The first-order valence-corrected chi connectivity index (χ1v) is 39.5. The number of hydrogen-bond acceptors (Lipinski definition) is 0. The molecule has 544 valence electrons. The second kappa shape index (κ2) is 32.6. The van der Waals surface area contributed by atoms with Crippen molar-refractivity contribution in [2.45, 2.75) is 225 Å². The summed E-state index contributed by atoms with van der Waals surface area (Å²) in [4.78, 5) is 0. The highest BCUT2D eigenvalue weighted by Gasteiger charge is 2.29. The summed E-state index contributed by atoms with van der Waals surface area (Å²) in [6.07, 6.45) is 18.9. The van der Waals surface area contributed by atoms with E-state index in [9.17, 15) is 0 Å². The van der Waals surface area contributed by atoms with Gasteiger partial charge in [-0.3, -0.25) is 0 Å². The summed E-state index contributed by atoms with van der Waals surface area (Å²) in [6, 6.07) is 57.1. The third-order valence-corrected chi connectivity index (χ3v) is 24.0. The van der Waals surface area contributed by atoms with Crippen molar-refractivity contribution >= 4 is 43.6 Å². The van der Waals surface area contributed by atoms with Gasteiger partial charge in [-0.25, -0.2) is 4.39 Å². The average Bonchev–Trinajstić information content (AvgIpc) is 1.50. The van der Waals surface area contributed by atoms with Crippen LogP contribution in [-0.2, 0) is 41.0 Å². The number of benzene rings is 8. The quantitative estimate of drug-likeness (QED) is 0.115. The van der Waals surface area contributed by atoms with Crippen molar-refractivity contribution < 1.29 is 30.9 Å². The number of pyridine rings is 4. The van der Waals surface area contributed by atoms with Gasteiger partial charge in [-0.2, -0.15) is 18.3 Å². The van der Waals surface area contributed by atoms with Gasteiger partial charge in [-0.05, 0) is 285 Å². The Morgan fingerprint density at radius 3 is 1.15 bits per heavy atom. The second-order valence-electron chi connectivity index (χ2n) is 32.7. The minimum atomic E-state index is -2.17. The van der Waals surface area contributed by atoms with E-state index in [2.05, 4.69) is 230 Å². The van der Waals surface area contributed by atoms with Crippen LogP contribution in [0.25, 0.3) is 88.6 Å². The highest BCUT2D eigenvalue weighted by atomic mass is 19.1. The van der Waals surface area contributed by atoms with Gasteiger partial charge < -0.3 is 0 Å². The molecule has 0 radical (unpaired) electrons. The van der Waals surface area contributed by atoms with Gasteiger partial charge in [0.15, 0.2) is 0 Å². The van der Waals surface area contributed by atoms with E-state index in [4.69, 9.17) is 8.22 Å². The van der Waals surface area contributed by atoms with Crippen molar-refractivity contribution in [2.24, 2.45) is 40.0 Å². The lowest BCUT2D eigenvalue weighted by Gasteiger charge is -2.23. The minimum absolute atomic E-state index is 0.0796. The summed E-state index contributed by atoms with van der Waals surface area (Å²) < 4.78 is 72.2. The Labute approximate surface area is 638 Å². The Balaban J connectivity index is 0.000000138. The van der Waals surface area contributed by atoms with E-state index in [1.54, 1.807) is 23.3 Å². The van der Waals surface area contributed by atoms with Gasteiger partial charge in [-0.15, -0.1) is 0 Å². The first-order chi connectivity index (χ1) is 52.7. The lowest BCUT2D eigenvalue weighted by atomic mass is 9.82. The number of halogens is 1. The van der Waals surface area contributed by atoms with Gasteiger partial charge in [0.1, 0.15) is 34.0 Å². The summed E-state index contributed by atoms with van der Waals surface area (Å²) >= 11 is 0. The molecule has 0 atom stereocenters. The normalized spacial score (nSPS) is 15.4. The molecular formula is C100H121FN4+4. The smallest absolute Gasteiger partial charge is 0.206 e. The molecule has 0 amide bonds. The Morgan fingerprint density at radius 1 is 0.362 bits per heavy atom. The maximum absolute atomic E-state index is 15.5. The van der Waals surface area contributed by atoms with Gasteiger partial charge in [0, 0.05) is 101 Å². The Morgan fingerprint density at radius 2 is 0.724 bits per heavy atom. The lowest BCUT2D eigenvalue weighted by Crippen LogP contribution is -2.33. The number of aromatic nitrogens is 4. The first kappa shape index (κ1) is 68.2. The highest BCUT2D eigenvalue weighted by molar-refractivity contribution is 5.86. The Hall–Kier alpha value is -8.67. The minimum Gasteiger partial charge on any atom is -0.206 e. The molecule has 15 rings (SSSR count). The molecule has 4 heterocycles. The monoisotopic (exact) mass is 1400 g/mol. The average molecular weight is 1400 g/mol. The number of aryl methyl sites for hydroxylation is 12. The van der Waals surface area contributed by atoms with Gasteiger partial charge in [0.2, 0.25) is 44.8 Å². The maximum atomic E-state index is 15.5. The van der Waals surface area contributed by atoms with Crippen molar-refractivity contribution in [2.75, 3.05) is 0 Å². The van der Waals surface area contributed by atoms with Crippen LogP contribution in [0.15, 0.2) is 158 Å². The first-order valence-electron chi connectivity index (χ1n) is 42.5. The third kappa shape index (κ3) is 16.2. The molecule has 4 nitrogen and oxygen atoms in total. The summed E-state index contributed by atoms with van der Waals surface area (Å²) in [7, 11) is 8.52. The Bertz CT molecular complexity index is 5470. The fourth-order valence-corrected chi connectivity index (χ4v) is 18.0. The van der Waals surface area contributed by atoms with Crippen LogP contribution < -0.4 is 18.3 Å². The lowest BCUT2D eigenvalue weighted by molar-refractivity contribution is -0.633. The zero-order valence-electron chi connectivity index (χ0n) is 72.7. The molecule has 0 unspecified atom stereocenters. The van der Waals surface area contributed by atoms with Crippen LogP contribution in [-0.4, -0.2) is 0 Å². The van der Waals surface area contributed by atoms with Crippen LogP contribution in [0.2, 0.25) is 0 Å². The molecule has 0 aliphatic heterocycles. The summed E-state index contributed by atoms with van der Waals surface area (Å²) in [5.74, 6) is 2.77. The van der Waals surface area contributed by atoms with Crippen LogP contribution in [0.1, 0.15) is 232 Å². The molecule has 0 bridgehead atoms. The van der Waals surface area contributed by atoms with Crippen LogP contribution in [0.3, 0.4) is 0 Å². The van der Waals surface area contributed by atoms with Crippen molar-refractivity contribution in [1.29, 1.82) is 0 Å². The topological polar surface area (TPSA) is 15.5 Å². The van der Waals surface area contributed by atoms with Gasteiger partial charge in [0.25, 0.3) is 0 Å². The highest BCUT2D eigenvalue weighted by Crippen LogP contribution is 2.41. The molecular weight excluding hydrogens is 1280 g/mol. The molecule has 0 saturated heterocycles. The van der Waals surface area contributed by atoms with Crippen molar-refractivity contribution in [3.05, 3.63) is 258 Å². The van der Waals surface area contributed by atoms with E-state index < -0.39 is 13.7 Å². The summed E-state index contributed by atoms with van der Waals surface area (Å²) in [6.45, 7) is 25.2. The molecule has 3 aliphatic rings. The maximum Gasteiger partial charge on any atom is 0.213 e. The van der Waals surface area contributed by atoms with Gasteiger partial charge in [-0.1, -0.05) is 149 Å². The third-order valence-electron chi connectivity index (χ3n) is 24.0. The molecule has 3 aliphatic carbocycles. The molecule has 12 aromatic rings. The van der Waals surface area contributed by atoms with E-state index in [1.807, 2.05) is 59.0 Å². The Kier molecular flexibility index (Phi) is 21.2. The zero-order valence-corrected chi connectivity index (χ0v) is 66.7. The molecule has 3 saturated carbocycles. The van der Waals surface area contributed by atoms with E-state index >= 15 is 4.39 Å².